The van der Waals surface area contributed by atoms with Gasteiger partial charge < -0.3 is 10.5 Å². The predicted molar refractivity (Wildman–Crippen MR) is 76.4 cm³/mol. The van der Waals surface area contributed by atoms with Gasteiger partial charge in [0, 0.05) is 18.0 Å². The van der Waals surface area contributed by atoms with E-state index >= 15 is 0 Å². The Morgan fingerprint density at radius 1 is 1.35 bits per heavy atom. The lowest BCUT2D eigenvalue weighted by atomic mass is 10.2. The summed E-state index contributed by atoms with van der Waals surface area (Å²) >= 11 is 0. The molecule has 0 saturated carbocycles. The highest BCUT2D eigenvalue weighted by Gasteiger charge is 1.97. The molecule has 1 heterocycles. The molecule has 0 bridgehead atoms. The summed E-state index contributed by atoms with van der Waals surface area (Å²) in [5.74, 6) is 6.45. The Balaban J connectivity index is 1.94. The van der Waals surface area contributed by atoms with Crippen LogP contribution in [0.3, 0.4) is 0 Å². The van der Waals surface area contributed by atoms with E-state index in [0.717, 1.165) is 5.56 Å². The van der Waals surface area contributed by atoms with E-state index in [-0.39, 0.29) is 5.69 Å². The molecule has 1 aromatic carbocycles. The summed E-state index contributed by atoms with van der Waals surface area (Å²) in [5.41, 5.74) is 5.90. The monoisotopic (exact) mass is 269 g/mol. The van der Waals surface area contributed by atoms with Crippen LogP contribution in [0.15, 0.2) is 47.5 Å². The maximum absolute atomic E-state index is 11.4. The van der Waals surface area contributed by atoms with Crippen LogP contribution in [0.4, 0.5) is 0 Å². The zero-order chi connectivity index (χ0) is 14.2. The number of hydrogen-bond donors (Lipinski definition) is 1. The van der Waals surface area contributed by atoms with E-state index in [2.05, 4.69) is 16.8 Å². The lowest BCUT2D eigenvalue weighted by Crippen LogP contribution is -2.24. The van der Waals surface area contributed by atoms with E-state index in [1.54, 1.807) is 12.3 Å². The molecule has 0 aliphatic heterocycles. The molecule has 5 nitrogen and oxygen atoms in total. The molecule has 0 aliphatic rings. The average Bonchev–Trinajstić information content (AvgIpc) is 2.48. The second-order valence-electron chi connectivity index (χ2n) is 3.98. The number of aromatic nitrogens is 2. The molecule has 0 saturated heterocycles. The molecule has 0 fully saturated rings. The van der Waals surface area contributed by atoms with Crippen molar-refractivity contribution in [3.8, 4) is 17.6 Å². The Morgan fingerprint density at radius 2 is 2.25 bits per heavy atom. The van der Waals surface area contributed by atoms with Crippen molar-refractivity contribution >= 4 is 0 Å². The Morgan fingerprint density at radius 3 is 3.05 bits per heavy atom. The molecule has 102 valence electrons. The molecule has 0 amide bonds. The van der Waals surface area contributed by atoms with Gasteiger partial charge in [0.05, 0.1) is 13.1 Å². The van der Waals surface area contributed by atoms with Crippen LogP contribution < -0.4 is 16.2 Å². The molecule has 20 heavy (non-hydrogen) atoms. The molecule has 2 N–H and O–H groups in total. The van der Waals surface area contributed by atoms with Crippen LogP contribution >= 0.6 is 0 Å². The summed E-state index contributed by atoms with van der Waals surface area (Å²) in [4.78, 5) is 15.1. The van der Waals surface area contributed by atoms with Crippen molar-refractivity contribution in [2.75, 3.05) is 13.2 Å². The molecule has 0 unspecified atom stereocenters. The van der Waals surface area contributed by atoms with Crippen LogP contribution in [0, 0.1) is 11.8 Å². The van der Waals surface area contributed by atoms with Crippen LogP contribution in [-0.4, -0.2) is 22.7 Å². The second kappa shape index (κ2) is 7.12. The van der Waals surface area contributed by atoms with Gasteiger partial charge in [-0.25, -0.2) is 9.78 Å². The van der Waals surface area contributed by atoms with E-state index < -0.39 is 0 Å². The van der Waals surface area contributed by atoms with E-state index in [9.17, 15) is 4.79 Å². The summed E-state index contributed by atoms with van der Waals surface area (Å²) in [7, 11) is 0. The molecule has 2 aromatic rings. The molecule has 0 radical (unpaired) electrons. The zero-order valence-electron chi connectivity index (χ0n) is 11.0. The van der Waals surface area contributed by atoms with Crippen LogP contribution in [0.25, 0.3) is 0 Å². The molecule has 5 heteroatoms. The lowest BCUT2D eigenvalue weighted by molar-refractivity contribution is 0.295. The Kier molecular flexibility index (Phi) is 4.93. The maximum Gasteiger partial charge on any atom is 0.347 e. The third-order valence-electron chi connectivity index (χ3n) is 2.55. The highest BCUT2D eigenvalue weighted by molar-refractivity contribution is 5.39. The van der Waals surface area contributed by atoms with Gasteiger partial charge in [-0.1, -0.05) is 17.9 Å². The summed E-state index contributed by atoms with van der Waals surface area (Å²) in [6.45, 7) is 1.17. The van der Waals surface area contributed by atoms with Crippen molar-refractivity contribution in [1.29, 1.82) is 0 Å². The molecule has 0 aliphatic carbocycles. The van der Waals surface area contributed by atoms with Gasteiger partial charge in [-0.3, -0.25) is 4.57 Å². The summed E-state index contributed by atoms with van der Waals surface area (Å²) in [6.07, 6.45) is 3.15. The fraction of sp³-hybridized carbons (Fsp3) is 0.200. The molecule has 2 rings (SSSR count). The first kappa shape index (κ1) is 13.8. The van der Waals surface area contributed by atoms with Gasteiger partial charge in [-0.15, -0.1) is 0 Å². The van der Waals surface area contributed by atoms with Crippen molar-refractivity contribution in [2.45, 2.75) is 6.54 Å². The number of rotatable bonds is 4. The average molecular weight is 269 g/mol. The minimum Gasteiger partial charge on any atom is -0.492 e. The fourth-order valence-electron chi connectivity index (χ4n) is 1.64. The second-order valence-corrected chi connectivity index (χ2v) is 3.98. The third kappa shape index (κ3) is 3.97. The van der Waals surface area contributed by atoms with Crippen molar-refractivity contribution in [1.82, 2.24) is 9.55 Å². The van der Waals surface area contributed by atoms with Crippen molar-refractivity contribution in [2.24, 2.45) is 5.73 Å². The highest BCUT2D eigenvalue weighted by Crippen LogP contribution is 2.12. The van der Waals surface area contributed by atoms with Gasteiger partial charge in [-0.05, 0) is 24.3 Å². The number of nitrogens with two attached hydrogens (primary N) is 1. The van der Waals surface area contributed by atoms with E-state index in [1.807, 2.05) is 24.3 Å². The highest BCUT2D eigenvalue weighted by atomic mass is 16.5. The Labute approximate surface area is 117 Å². The minimum absolute atomic E-state index is 0.279. The van der Waals surface area contributed by atoms with Crippen LogP contribution in [0.5, 0.6) is 5.75 Å². The number of ether oxygens (including phenoxy) is 1. The Bertz CT molecular complexity index is 683. The number of hydrogen-bond acceptors (Lipinski definition) is 4. The molecule has 0 spiro atoms. The first-order valence-corrected chi connectivity index (χ1v) is 6.23. The third-order valence-corrected chi connectivity index (χ3v) is 2.55. The lowest BCUT2D eigenvalue weighted by Gasteiger charge is -2.07. The first-order valence-electron chi connectivity index (χ1n) is 6.23. The quantitative estimate of drug-likeness (QED) is 0.827. The Hall–Kier alpha value is -2.58. The van der Waals surface area contributed by atoms with Crippen LogP contribution in [0.2, 0.25) is 0 Å². The number of nitrogens with zero attached hydrogens (tertiary/aromatic N) is 2. The zero-order valence-corrected chi connectivity index (χ0v) is 11.0. The molecule has 0 atom stereocenters. The largest absolute Gasteiger partial charge is 0.492 e. The standard InChI is InChI=1S/C15H15N3O2/c16-7-2-5-13-4-1-6-14(12-13)20-11-10-18-9-3-8-17-15(18)19/h1,3-4,6,8-9,12H,7,10-11,16H2. The van der Waals surface area contributed by atoms with Gasteiger partial charge in [0.2, 0.25) is 0 Å². The normalized spacial score (nSPS) is 9.65. The van der Waals surface area contributed by atoms with Crippen molar-refractivity contribution in [3.05, 3.63) is 58.8 Å². The predicted octanol–water partition coefficient (Wildman–Crippen LogP) is 0.633. The van der Waals surface area contributed by atoms with Gasteiger partial charge in [0.1, 0.15) is 12.4 Å². The van der Waals surface area contributed by atoms with Crippen molar-refractivity contribution in [3.63, 3.8) is 0 Å². The van der Waals surface area contributed by atoms with Crippen molar-refractivity contribution < 1.29 is 4.74 Å². The first-order chi connectivity index (χ1) is 9.79. The smallest absolute Gasteiger partial charge is 0.347 e. The minimum atomic E-state index is -0.279. The summed E-state index contributed by atoms with van der Waals surface area (Å²) in [5, 5.41) is 0. The number of benzene rings is 1. The molecular formula is C15H15N3O2. The topological polar surface area (TPSA) is 70.1 Å². The van der Waals surface area contributed by atoms with E-state index in [0.29, 0.717) is 25.4 Å². The maximum atomic E-state index is 11.4. The summed E-state index contributed by atoms with van der Waals surface area (Å²) in [6, 6.07) is 9.16. The molecular weight excluding hydrogens is 254 g/mol. The van der Waals surface area contributed by atoms with E-state index in [1.165, 1.54) is 10.8 Å². The van der Waals surface area contributed by atoms with E-state index in [4.69, 9.17) is 10.5 Å². The summed E-state index contributed by atoms with van der Waals surface area (Å²) < 4.78 is 7.10. The fourth-order valence-corrected chi connectivity index (χ4v) is 1.64. The SMILES string of the molecule is NCC#Cc1cccc(OCCn2cccnc2=O)c1. The van der Waals surface area contributed by atoms with Crippen LogP contribution in [-0.2, 0) is 6.54 Å². The van der Waals surface area contributed by atoms with Gasteiger partial charge in [0.25, 0.3) is 0 Å². The van der Waals surface area contributed by atoms with Crippen LogP contribution in [0.1, 0.15) is 5.56 Å². The van der Waals surface area contributed by atoms with Gasteiger partial charge >= 0.3 is 5.69 Å². The molecule has 1 aromatic heterocycles. The van der Waals surface area contributed by atoms with Gasteiger partial charge in [-0.2, -0.15) is 0 Å². The van der Waals surface area contributed by atoms with Gasteiger partial charge in [0.15, 0.2) is 0 Å².